The molecule has 1 aromatic carbocycles. The van der Waals surface area contributed by atoms with Crippen LogP contribution >= 0.6 is 0 Å². The maximum atomic E-state index is 12.0. The molecule has 0 radical (unpaired) electrons. The summed E-state index contributed by atoms with van der Waals surface area (Å²) in [5.41, 5.74) is 0.407. The summed E-state index contributed by atoms with van der Waals surface area (Å²) in [5, 5.41) is 8.60. The van der Waals surface area contributed by atoms with Crippen LogP contribution in [0.3, 0.4) is 0 Å². The number of aromatic amines is 1. The van der Waals surface area contributed by atoms with E-state index in [0.29, 0.717) is 12.3 Å². The molecule has 120 valence electrons. The van der Waals surface area contributed by atoms with Crippen molar-refractivity contribution in [2.24, 2.45) is 0 Å². The number of benzene rings is 1. The summed E-state index contributed by atoms with van der Waals surface area (Å²) in [6.07, 6.45) is 2.28. The number of ether oxygens (including phenoxy) is 2. The minimum atomic E-state index is -0.394. The highest BCUT2D eigenvalue weighted by Crippen LogP contribution is 2.18. The lowest BCUT2D eigenvalue weighted by Crippen LogP contribution is -2.17. The van der Waals surface area contributed by atoms with Gasteiger partial charge in [0.25, 0.3) is 11.5 Å². The highest BCUT2D eigenvalue weighted by atomic mass is 16.5. The Bertz CT molecular complexity index is 700. The van der Waals surface area contributed by atoms with Gasteiger partial charge in [0.1, 0.15) is 18.1 Å². The van der Waals surface area contributed by atoms with Crippen molar-refractivity contribution in [2.45, 2.75) is 18.9 Å². The lowest BCUT2D eigenvalue weighted by Gasteiger charge is -2.12. The van der Waals surface area contributed by atoms with Crippen LogP contribution in [0.4, 0.5) is 5.69 Å². The molecule has 1 saturated heterocycles. The van der Waals surface area contributed by atoms with E-state index >= 15 is 0 Å². The zero-order valence-electron chi connectivity index (χ0n) is 12.5. The summed E-state index contributed by atoms with van der Waals surface area (Å²) in [4.78, 5) is 22.9. The lowest BCUT2D eigenvalue weighted by atomic mass is 10.2. The van der Waals surface area contributed by atoms with E-state index in [-0.39, 0.29) is 17.4 Å². The lowest BCUT2D eigenvalue weighted by molar-refractivity contribution is 0.0679. The van der Waals surface area contributed by atoms with Crippen molar-refractivity contribution >= 4 is 11.6 Å². The fourth-order valence-corrected chi connectivity index (χ4v) is 2.27. The normalized spacial score (nSPS) is 17.0. The molecule has 1 amide bonds. The topological polar surface area (TPSA) is 93.3 Å². The Balaban J connectivity index is 1.55. The van der Waals surface area contributed by atoms with Crippen molar-refractivity contribution in [1.29, 1.82) is 0 Å². The van der Waals surface area contributed by atoms with Crippen LogP contribution < -0.4 is 15.6 Å². The van der Waals surface area contributed by atoms with Gasteiger partial charge in [-0.25, -0.2) is 5.10 Å². The van der Waals surface area contributed by atoms with Crippen LogP contribution in [0.15, 0.2) is 41.2 Å². The van der Waals surface area contributed by atoms with E-state index in [9.17, 15) is 9.59 Å². The Morgan fingerprint density at radius 1 is 1.30 bits per heavy atom. The molecule has 2 aromatic rings. The van der Waals surface area contributed by atoms with Crippen molar-refractivity contribution in [3.63, 3.8) is 0 Å². The number of rotatable bonds is 5. The molecule has 7 heteroatoms. The number of amides is 1. The van der Waals surface area contributed by atoms with Crippen LogP contribution in [0.5, 0.6) is 5.75 Å². The van der Waals surface area contributed by atoms with Crippen molar-refractivity contribution in [2.75, 3.05) is 18.5 Å². The van der Waals surface area contributed by atoms with Gasteiger partial charge in [0.05, 0.1) is 6.10 Å². The third kappa shape index (κ3) is 4.17. The largest absolute Gasteiger partial charge is 0.491 e. The first-order valence-electron chi connectivity index (χ1n) is 7.42. The maximum absolute atomic E-state index is 12.0. The minimum Gasteiger partial charge on any atom is -0.491 e. The van der Waals surface area contributed by atoms with Crippen LogP contribution in [0.1, 0.15) is 23.3 Å². The summed E-state index contributed by atoms with van der Waals surface area (Å²) in [5.74, 6) is 0.329. The predicted molar refractivity (Wildman–Crippen MR) is 83.7 cm³/mol. The second-order valence-electron chi connectivity index (χ2n) is 5.23. The molecule has 1 atom stereocenters. The number of carbonyl (C=O) groups excluding carboxylic acids is 1. The quantitative estimate of drug-likeness (QED) is 0.874. The first-order valence-corrected chi connectivity index (χ1v) is 7.42. The number of hydrogen-bond acceptors (Lipinski definition) is 5. The smallest absolute Gasteiger partial charge is 0.276 e. The average molecular weight is 315 g/mol. The van der Waals surface area contributed by atoms with Crippen LogP contribution in [0.2, 0.25) is 0 Å². The van der Waals surface area contributed by atoms with Crippen molar-refractivity contribution < 1.29 is 14.3 Å². The molecule has 7 nitrogen and oxygen atoms in total. The number of aromatic nitrogens is 2. The molecule has 0 spiro atoms. The van der Waals surface area contributed by atoms with Crippen LogP contribution in [0, 0.1) is 0 Å². The zero-order chi connectivity index (χ0) is 16.1. The molecule has 1 aliphatic rings. The molecule has 2 N–H and O–H groups in total. The van der Waals surface area contributed by atoms with Gasteiger partial charge in [0.2, 0.25) is 0 Å². The fourth-order valence-electron chi connectivity index (χ4n) is 2.27. The Kier molecular flexibility index (Phi) is 4.68. The molecular weight excluding hydrogens is 298 g/mol. The van der Waals surface area contributed by atoms with Crippen LogP contribution in [-0.2, 0) is 4.74 Å². The second kappa shape index (κ2) is 7.06. The molecule has 0 saturated carbocycles. The summed E-state index contributed by atoms with van der Waals surface area (Å²) in [7, 11) is 0. The van der Waals surface area contributed by atoms with E-state index in [1.807, 2.05) is 0 Å². The number of anilines is 1. The van der Waals surface area contributed by atoms with Gasteiger partial charge in [-0.15, -0.1) is 0 Å². The Morgan fingerprint density at radius 3 is 2.78 bits per heavy atom. The van der Waals surface area contributed by atoms with E-state index < -0.39 is 5.91 Å². The van der Waals surface area contributed by atoms with E-state index in [1.54, 1.807) is 24.3 Å². The standard InChI is InChI=1S/C16H17N3O4/c20-15-8-7-14(18-19-15)16(21)17-11-3-5-12(6-4-11)23-10-13-2-1-9-22-13/h3-8,13H,1-2,9-10H2,(H,17,21)(H,19,20). The van der Waals surface area contributed by atoms with E-state index in [0.717, 1.165) is 25.2 Å². The predicted octanol–water partition coefficient (Wildman–Crippen LogP) is 1.58. The Labute approximate surface area is 132 Å². The number of nitrogens with one attached hydrogen (secondary N) is 2. The number of H-pyrrole nitrogens is 1. The molecule has 2 heterocycles. The summed E-state index contributed by atoms with van der Waals surface area (Å²) in [6.45, 7) is 1.34. The molecule has 0 aliphatic carbocycles. The SMILES string of the molecule is O=C(Nc1ccc(OCC2CCCO2)cc1)c1ccc(=O)[nH]n1. The first-order chi connectivity index (χ1) is 11.2. The highest BCUT2D eigenvalue weighted by molar-refractivity contribution is 6.02. The molecule has 1 aliphatic heterocycles. The van der Waals surface area contributed by atoms with Gasteiger partial charge in [-0.1, -0.05) is 0 Å². The molecule has 3 rings (SSSR count). The zero-order valence-corrected chi connectivity index (χ0v) is 12.5. The molecule has 1 unspecified atom stereocenters. The second-order valence-corrected chi connectivity index (χ2v) is 5.23. The molecular formula is C16H17N3O4. The molecule has 23 heavy (non-hydrogen) atoms. The van der Waals surface area contributed by atoms with E-state index in [2.05, 4.69) is 15.5 Å². The van der Waals surface area contributed by atoms with Gasteiger partial charge in [0.15, 0.2) is 0 Å². The van der Waals surface area contributed by atoms with Gasteiger partial charge in [-0.3, -0.25) is 9.59 Å². The van der Waals surface area contributed by atoms with Crippen LogP contribution in [0.25, 0.3) is 0 Å². The van der Waals surface area contributed by atoms with Crippen molar-refractivity contribution in [3.8, 4) is 5.75 Å². The van der Waals surface area contributed by atoms with Gasteiger partial charge in [0, 0.05) is 18.4 Å². The highest BCUT2D eigenvalue weighted by Gasteiger charge is 2.16. The van der Waals surface area contributed by atoms with Gasteiger partial charge in [-0.05, 0) is 43.2 Å². The van der Waals surface area contributed by atoms with Crippen molar-refractivity contribution in [3.05, 3.63) is 52.4 Å². The van der Waals surface area contributed by atoms with Gasteiger partial charge in [-0.2, -0.15) is 5.10 Å². The number of carbonyl (C=O) groups is 1. The Hall–Kier alpha value is -2.67. The van der Waals surface area contributed by atoms with E-state index in [1.165, 1.54) is 12.1 Å². The average Bonchev–Trinajstić information content (AvgIpc) is 3.08. The molecule has 1 fully saturated rings. The van der Waals surface area contributed by atoms with E-state index in [4.69, 9.17) is 9.47 Å². The van der Waals surface area contributed by atoms with Gasteiger partial charge < -0.3 is 14.8 Å². The van der Waals surface area contributed by atoms with Crippen molar-refractivity contribution in [1.82, 2.24) is 10.2 Å². The molecule has 1 aromatic heterocycles. The summed E-state index contributed by atoms with van der Waals surface area (Å²) in [6, 6.07) is 9.68. The Morgan fingerprint density at radius 2 is 2.13 bits per heavy atom. The fraction of sp³-hybridized carbons (Fsp3) is 0.312. The summed E-state index contributed by atoms with van der Waals surface area (Å²) >= 11 is 0. The number of nitrogens with zero attached hydrogens (tertiary/aromatic N) is 1. The maximum Gasteiger partial charge on any atom is 0.276 e. The van der Waals surface area contributed by atoms with Gasteiger partial charge >= 0.3 is 0 Å². The number of hydrogen-bond donors (Lipinski definition) is 2. The van der Waals surface area contributed by atoms with Crippen LogP contribution in [-0.4, -0.2) is 35.4 Å². The third-order valence-corrected chi connectivity index (χ3v) is 3.48. The minimum absolute atomic E-state index is 0.142. The monoisotopic (exact) mass is 315 g/mol. The third-order valence-electron chi connectivity index (χ3n) is 3.48. The first kappa shape index (κ1) is 15.2. The summed E-state index contributed by atoms with van der Waals surface area (Å²) < 4.78 is 11.2. The molecule has 0 bridgehead atoms.